The maximum atomic E-state index is 13.3. The number of nitrogens with zero attached hydrogens (tertiary/aromatic N) is 1. The lowest BCUT2D eigenvalue weighted by molar-refractivity contribution is 0.0600. The van der Waals surface area contributed by atoms with Crippen LogP contribution in [-0.4, -0.2) is 40.9 Å². The van der Waals surface area contributed by atoms with Crippen molar-refractivity contribution in [3.05, 3.63) is 47.0 Å². The number of ether oxygens (including phenoxy) is 2. The standard InChI is InChI=1S/C17H16ClNO5S2/c1-23-14-5-4-12(18)10-16(14)26(21,22)19-7-8-25-15-6-3-11(9-13(15)19)17(20)24-2/h3-6,9-10H,7-8H2,1-2H3. The molecule has 0 aliphatic carbocycles. The fourth-order valence-electron chi connectivity index (χ4n) is 2.66. The van der Waals surface area contributed by atoms with Crippen LogP contribution in [0.25, 0.3) is 0 Å². The second kappa shape index (κ2) is 7.38. The van der Waals surface area contributed by atoms with E-state index in [1.807, 2.05) is 0 Å². The molecular formula is C17H16ClNO5S2. The molecule has 1 aliphatic rings. The number of benzene rings is 2. The van der Waals surface area contributed by atoms with Gasteiger partial charge >= 0.3 is 5.97 Å². The van der Waals surface area contributed by atoms with Crippen LogP contribution < -0.4 is 9.04 Å². The summed E-state index contributed by atoms with van der Waals surface area (Å²) in [6.45, 7) is 0.264. The van der Waals surface area contributed by atoms with Gasteiger partial charge in [-0.15, -0.1) is 11.8 Å². The van der Waals surface area contributed by atoms with E-state index in [0.717, 1.165) is 4.90 Å². The topological polar surface area (TPSA) is 72.9 Å². The quantitative estimate of drug-likeness (QED) is 0.715. The van der Waals surface area contributed by atoms with Gasteiger partial charge in [0.1, 0.15) is 10.6 Å². The molecule has 0 atom stereocenters. The van der Waals surface area contributed by atoms with Crippen LogP contribution in [0.5, 0.6) is 5.75 Å². The number of sulfonamides is 1. The van der Waals surface area contributed by atoms with Crippen molar-refractivity contribution in [1.29, 1.82) is 0 Å². The van der Waals surface area contributed by atoms with Crippen molar-refractivity contribution in [1.82, 2.24) is 0 Å². The van der Waals surface area contributed by atoms with Gasteiger partial charge in [0.2, 0.25) is 0 Å². The van der Waals surface area contributed by atoms with Crippen LogP contribution >= 0.6 is 23.4 Å². The lowest BCUT2D eigenvalue weighted by atomic mass is 10.2. The molecule has 2 aromatic carbocycles. The van der Waals surface area contributed by atoms with Crippen LogP contribution in [0.3, 0.4) is 0 Å². The van der Waals surface area contributed by atoms with Crippen LogP contribution in [0.1, 0.15) is 10.4 Å². The number of hydrogen-bond acceptors (Lipinski definition) is 6. The monoisotopic (exact) mass is 413 g/mol. The third-order valence-electron chi connectivity index (χ3n) is 3.89. The number of rotatable bonds is 4. The Labute approximate surface area is 161 Å². The molecule has 0 N–H and O–H groups in total. The Morgan fingerprint density at radius 3 is 2.65 bits per heavy atom. The van der Waals surface area contributed by atoms with Crippen molar-refractivity contribution < 1.29 is 22.7 Å². The van der Waals surface area contributed by atoms with Gasteiger partial charge in [0.25, 0.3) is 10.0 Å². The summed E-state index contributed by atoms with van der Waals surface area (Å²) in [6, 6.07) is 9.31. The molecule has 3 rings (SSSR count). The number of carbonyl (C=O) groups is 1. The number of esters is 1. The Balaban J connectivity index is 2.14. The minimum Gasteiger partial charge on any atom is -0.495 e. The molecule has 1 heterocycles. The summed E-state index contributed by atoms with van der Waals surface area (Å²) in [5.41, 5.74) is 0.721. The molecule has 0 bridgehead atoms. The predicted molar refractivity (Wildman–Crippen MR) is 101 cm³/mol. The van der Waals surface area contributed by atoms with E-state index in [0.29, 0.717) is 16.5 Å². The van der Waals surface area contributed by atoms with E-state index in [4.69, 9.17) is 21.1 Å². The van der Waals surface area contributed by atoms with E-state index in [1.165, 1.54) is 48.5 Å². The first kappa shape index (κ1) is 18.9. The molecule has 6 nitrogen and oxygen atoms in total. The zero-order chi connectivity index (χ0) is 18.9. The first-order valence-corrected chi connectivity index (χ1v) is 10.4. The smallest absolute Gasteiger partial charge is 0.337 e. The van der Waals surface area contributed by atoms with Gasteiger partial charge < -0.3 is 9.47 Å². The van der Waals surface area contributed by atoms with Gasteiger partial charge in [0, 0.05) is 22.2 Å². The number of carbonyl (C=O) groups excluding carboxylic acids is 1. The van der Waals surface area contributed by atoms with Gasteiger partial charge in [-0.1, -0.05) is 11.6 Å². The Morgan fingerprint density at radius 1 is 1.19 bits per heavy atom. The lowest BCUT2D eigenvalue weighted by Gasteiger charge is -2.30. The van der Waals surface area contributed by atoms with E-state index < -0.39 is 16.0 Å². The van der Waals surface area contributed by atoms with E-state index in [2.05, 4.69) is 0 Å². The Hall–Kier alpha value is -1.90. The molecule has 0 radical (unpaired) electrons. The van der Waals surface area contributed by atoms with Crippen LogP contribution in [-0.2, 0) is 14.8 Å². The average molecular weight is 414 g/mol. The molecule has 0 saturated carbocycles. The van der Waals surface area contributed by atoms with E-state index in [1.54, 1.807) is 18.2 Å². The van der Waals surface area contributed by atoms with Crippen molar-refractivity contribution in [2.45, 2.75) is 9.79 Å². The number of thioether (sulfide) groups is 1. The third kappa shape index (κ3) is 3.36. The molecule has 0 amide bonds. The zero-order valence-corrected chi connectivity index (χ0v) is 16.5. The maximum Gasteiger partial charge on any atom is 0.337 e. The van der Waals surface area contributed by atoms with Crippen molar-refractivity contribution >= 4 is 45.0 Å². The predicted octanol–water partition coefficient (Wildman–Crippen LogP) is 3.44. The second-order valence-electron chi connectivity index (χ2n) is 5.39. The van der Waals surface area contributed by atoms with Gasteiger partial charge in [0.15, 0.2) is 0 Å². The number of anilines is 1. The number of fused-ring (bicyclic) bond motifs is 1. The van der Waals surface area contributed by atoms with Crippen LogP contribution in [0, 0.1) is 0 Å². The minimum absolute atomic E-state index is 0.0196. The molecule has 2 aromatic rings. The highest BCUT2D eigenvalue weighted by atomic mass is 35.5. The molecule has 138 valence electrons. The summed E-state index contributed by atoms with van der Waals surface area (Å²) in [5.74, 6) is 0.270. The highest BCUT2D eigenvalue weighted by Crippen LogP contribution is 2.40. The molecular weight excluding hydrogens is 398 g/mol. The van der Waals surface area contributed by atoms with Crippen molar-refractivity contribution in [3.8, 4) is 5.75 Å². The maximum absolute atomic E-state index is 13.3. The zero-order valence-electron chi connectivity index (χ0n) is 14.1. The van der Waals surface area contributed by atoms with Gasteiger partial charge in [-0.2, -0.15) is 0 Å². The summed E-state index contributed by atoms with van der Waals surface area (Å²) >= 11 is 7.53. The first-order valence-electron chi connectivity index (χ1n) is 7.60. The molecule has 26 heavy (non-hydrogen) atoms. The summed E-state index contributed by atoms with van der Waals surface area (Å²) in [5, 5.41) is 0.291. The second-order valence-corrected chi connectivity index (χ2v) is 8.80. The van der Waals surface area contributed by atoms with Crippen molar-refractivity contribution in [3.63, 3.8) is 0 Å². The summed E-state index contributed by atoms with van der Waals surface area (Å²) in [6.07, 6.45) is 0. The highest BCUT2D eigenvalue weighted by molar-refractivity contribution is 8.00. The fourth-order valence-corrected chi connectivity index (χ4v) is 5.70. The summed E-state index contributed by atoms with van der Waals surface area (Å²) in [7, 11) is -1.25. The van der Waals surface area contributed by atoms with E-state index in [-0.39, 0.29) is 22.8 Å². The lowest BCUT2D eigenvalue weighted by Crippen LogP contribution is -2.35. The van der Waals surface area contributed by atoms with Gasteiger partial charge in [-0.3, -0.25) is 4.31 Å². The van der Waals surface area contributed by atoms with E-state index >= 15 is 0 Å². The van der Waals surface area contributed by atoms with Crippen LogP contribution in [0.15, 0.2) is 46.2 Å². The molecule has 0 spiro atoms. The number of methoxy groups -OCH3 is 2. The SMILES string of the molecule is COC(=O)c1ccc2c(c1)N(S(=O)(=O)c1cc(Cl)ccc1OC)CCS2. The minimum atomic E-state index is -3.93. The Morgan fingerprint density at radius 2 is 1.96 bits per heavy atom. The van der Waals surface area contributed by atoms with Crippen molar-refractivity contribution in [2.75, 3.05) is 30.8 Å². The van der Waals surface area contributed by atoms with Gasteiger partial charge in [-0.25, -0.2) is 13.2 Å². The summed E-state index contributed by atoms with van der Waals surface area (Å²) < 4.78 is 37.8. The average Bonchev–Trinajstić information content (AvgIpc) is 2.66. The largest absolute Gasteiger partial charge is 0.495 e. The molecule has 0 unspecified atom stereocenters. The van der Waals surface area contributed by atoms with Gasteiger partial charge in [-0.05, 0) is 36.4 Å². The highest BCUT2D eigenvalue weighted by Gasteiger charge is 2.32. The van der Waals surface area contributed by atoms with Crippen LogP contribution in [0.2, 0.25) is 5.02 Å². The normalized spacial score (nSPS) is 13.9. The van der Waals surface area contributed by atoms with Crippen LogP contribution in [0.4, 0.5) is 5.69 Å². The third-order valence-corrected chi connectivity index (χ3v) is 7.01. The molecule has 0 fully saturated rings. The fraction of sp³-hybridized carbons (Fsp3) is 0.235. The van der Waals surface area contributed by atoms with Crippen molar-refractivity contribution in [2.24, 2.45) is 0 Å². The van der Waals surface area contributed by atoms with E-state index in [9.17, 15) is 13.2 Å². The number of hydrogen-bond donors (Lipinski definition) is 0. The Kier molecular flexibility index (Phi) is 5.36. The Bertz CT molecular complexity index is 962. The first-order chi connectivity index (χ1) is 12.4. The molecule has 0 aromatic heterocycles. The molecule has 0 saturated heterocycles. The molecule has 9 heteroatoms. The number of halogens is 1. The summed E-state index contributed by atoms with van der Waals surface area (Å²) in [4.78, 5) is 12.6. The molecule has 1 aliphatic heterocycles. The van der Waals surface area contributed by atoms with Gasteiger partial charge in [0.05, 0.1) is 25.5 Å².